The molecule has 0 atom stereocenters. The largest absolute Gasteiger partial charge is 0.327 e. The predicted octanol–water partition coefficient (Wildman–Crippen LogP) is 2.13. The van der Waals surface area contributed by atoms with Crippen LogP contribution in [0.5, 0.6) is 0 Å². The Bertz CT molecular complexity index is 674. The average molecular weight is 310 g/mol. The second kappa shape index (κ2) is 5.19. The Morgan fingerprint density at radius 1 is 1.14 bits per heavy atom. The Morgan fingerprint density at radius 2 is 1.76 bits per heavy atom. The zero-order chi connectivity index (χ0) is 15.1. The molecule has 1 spiro atoms. The number of nitrogens with two attached hydrogens (primary N) is 1. The first-order valence-corrected chi connectivity index (χ1v) is 8.70. The van der Waals surface area contributed by atoms with E-state index in [1.807, 2.05) is 0 Å². The van der Waals surface area contributed by atoms with Crippen molar-refractivity contribution in [2.24, 2.45) is 5.73 Å². The van der Waals surface area contributed by atoms with Crippen LogP contribution in [0.15, 0.2) is 29.8 Å². The van der Waals surface area contributed by atoms with E-state index >= 15 is 0 Å². The maximum absolute atomic E-state index is 13.1. The molecule has 1 aromatic carbocycles. The summed E-state index contributed by atoms with van der Waals surface area (Å²) < 4.78 is 41.1. The maximum Gasteiger partial charge on any atom is 0.242 e. The number of halogens is 1. The smallest absolute Gasteiger partial charge is 0.242 e. The highest BCUT2D eigenvalue weighted by Gasteiger charge is 2.48. The van der Waals surface area contributed by atoms with E-state index in [2.05, 4.69) is 4.72 Å². The Balaban J connectivity index is 2.17. The predicted molar refractivity (Wildman–Crippen MR) is 80.2 cm³/mol. The first kappa shape index (κ1) is 14.7. The Kier molecular flexibility index (Phi) is 3.63. The Morgan fingerprint density at radius 3 is 2.33 bits per heavy atom. The molecule has 21 heavy (non-hydrogen) atoms. The topological polar surface area (TPSA) is 72.2 Å². The van der Waals surface area contributed by atoms with Crippen LogP contribution in [0.25, 0.3) is 4.91 Å². The fourth-order valence-corrected chi connectivity index (χ4v) is 5.52. The molecule has 0 unspecified atom stereocenters. The van der Waals surface area contributed by atoms with Crippen molar-refractivity contribution in [2.75, 3.05) is 6.54 Å². The highest BCUT2D eigenvalue weighted by Crippen LogP contribution is 2.44. The van der Waals surface area contributed by atoms with E-state index in [1.54, 1.807) is 0 Å². The van der Waals surface area contributed by atoms with Crippen molar-refractivity contribution in [3.8, 4) is 0 Å². The highest BCUT2D eigenvalue weighted by atomic mass is 32.2. The normalized spacial score (nSPS) is 23.7. The van der Waals surface area contributed by atoms with Crippen LogP contribution in [0.4, 0.5) is 4.39 Å². The summed E-state index contributed by atoms with van der Waals surface area (Å²) in [5.74, 6) is -0.385. The monoisotopic (exact) mass is 310 g/mol. The van der Waals surface area contributed by atoms with Crippen LogP contribution in [0.2, 0.25) is 0 Å². The number of rotatable bonds is 2. The molecule has 0 aromatic heterocycles. The molecule has 1 saturated carbocycles. The number of nitrogens with one attached hydrogen (secondary N) is 1. The molecular formula is C15H19FN2O2S. The third-order valence-electron chi connectivity index (χ3n) is 4.47. The summed E-state index contributed by atoms with van der Waals surface area (Å²) in [4.78, 5) is 0.243. The van der Waals surface area contributed by atoms with Crippen LogP contribution >= 0.6 is 0 Å². The third kappa shape index (κ3) is 2.41. The van der Waals surface area contributed by atoms with Gasteiger partial charge >= 0.3 is 0 Å². The summed E-state index contributed by atoms with van der Waals surface area (Å²) >= 11 is 0. The molecule has 1 aliphatic carbocycles. The van der Waals surface area contributed by atoms with E-state index in [0.29, 0.717) is 5.56 Å². The lowest BCUT2D eigenvalue weighted by atomic mass is 9.76. The molecular weight excluding hydrogens is 291 g/mol. The van der Waals surface area contributed by atoms with Gasteiger partial charge in [-0.05, 0) is 36.1 Å². The lowest BCUT2D eigenvalue weighted by molar-refractivity contribution is 0.318. The summed E-state index contributed by atoms with van der Waals surface area (Å²) in [6.07, 6.45) is 4.66. The van der Waals surface area contributed by atoms with Gasteiger partial charge in [-0.1, -0.05) is 31.4 Å². The molecule has 1 aromatic rings. The molecule has 0 amide bonds. The van der Waals surface area contributed by atoms with Crippen LogP contribution in [-0.2, 0) is 10.0 Å². The molecule has 1 heterocycles. The molecule has 6 heteroatoms. The van der Waals surface area contributed by atoms with E-state index < -0.39 is 15.6 Å². The third-order valence-corrected chi connectivity index (χ3v) is 6.15. The average Bonchev–Trinajstić information content (AvgIpc) is 2.67. The minimum Gasteiger partial charge on any atom is -0.327 e. The fraction of sp³-hybridized carbons (Fsp3) is 0.467. The number of sulfonamides is 1. The van der Waals surface area contributed by atoms with Crippen LogP contribution in [0.1, 0.15) is 37.7 Å². The SMILES string of the molecule is NCC1=C(c2ccc(F)cc2)S(=O)(=O)NC12CCCCC2. The van der Waals surface area contributed by atoms with Crippen molar-refractivity contribution >= 4 is 14.9 Å². The van der Waals surface area contributed by atoms with E-state index in [9.17, 15) is 12.8 Å². The van der Waals surface area contributed by atoms with Crippen LogP contribution in [0, 0.1) is 5.82 Å². The van der Waals surface area contributed by atoms with Gasteiger partial charge in [0.15, 0.2) is 0 Å². The lowest BCUT2D eigenvalue weighted by Gasteiger charge is -2.35. The van der Waals surface area contributed by atoms with E-state index in [0.717, 1.165) is 37.7 Å². The molecule has 2 aliphatic rings. The maximum atomic E-state index is 13.1. The van der Waals surface area contributed by atoms with E-state index in [1.165, 1.54) is 24.3 Å². The van der Waals surface area contributed by atoms with Gasteiger partial charge < -0.3 is 5.73 Å². The van der Waals surface area contributed by atoms with Gasteiger partial charge in [-0.2, -0.15) is 0 Å². The zero-order valence-corrected chi connectivity index (χ0v) is 12.5. The molecule has 0 bridgehead atoms. The lowest BCUT2D eigenvalue weighted by Crippen LogP contribution is -2.47. The summed E-state index contributed by atoms with van der Waals surface area (Å²) in [6, 6.07) is 5.55. The van der Waals surface area contributed by atoms with E-state index in [-0.39, 0.29) is 17.3 Å². The zero-order valence-electron chi connectivity index (χ0n) is 11.7. The van der Waals surface area contributed by atoms with Gasteiger partial charge in [0, 0.05) is 6.54 Å². The first-order valence-electron chi connectivity index (χ1n) is 7.22. The standard InChI is InChI=1S/C15H19FN2O2S/c16-12-6-4-11(5-7-12)14-13(10-17)15(18-21(14,19)20)8-2-1-3-9-15/h4-7,18H,1-3,8-10,17H2. The summed E-state index contributed by atoms with van der Waals surface area (Å²) in [7, 11) is -3.60. The second-order valence-corrected chi connectivity index (χ2v) is 7.39. The van der Waals surface area contributed by atoms with Crippen molar-refractivity contribution in [2.45, 2.75) is 37.6 Å². The minimum absolute atomic E-state index is 0.193. The van der Waals surface area contributed by atoms with Crippen LogP contribution < -0.4 is 10.5 Å². The number of hydrogen-bond acceptors (Lipinski definition) is 3. The Hall–Kier alpha value is -1.24. The summed E-state index contributed by atoms with van der Waals surface area (Å²) in [5, 5.41) is 0. The number of benzene rings is 1. The fourth-order valence-electron chi connectivity index (χ4n) is 3.53. The van der Waals surface area contributed by atoms with Gasteiger partial charge in [-0.15, -0.1) is 0 Å². The van der Waals surface area contributed by atoms with Gasteiger partial charge in [0.05, 0.1) is 10.4 Å². The molecule has 1 fully saturated rings. The Labute approximate surface area is 124 Å². The minimum atomic E-state index is -3.60. The summed E-state index contributed by atoms with van der Waals surface area (Å²) in [6.45, 7) is 0.193. The van der Waals surface area contributed by atoms with Crippen molar-refractivity contribution < 1.29 is 12.8 Å². The molecule has 114 valence electrons. The van der Waals surface area contributed by atoms with Crippen molar-refractivity contribution in [3.05, 3.63) is 41.2 Å². The number of hydrogen-bond donors (Lipinski definition) is 2. The van der Waals surface area contributed by atoms with Gasteiger partial charge in [0.1, 0.15) is 5.82 Å². The van der Waals surface area contributed by atoms with Gasteiger partial charge in [-0.25, -0.2) is 17.5 Å². The molecule has 1 aliphatic heterocycles. The molecule has 4 nitrogen and oxygen atoms in total. The summed E-state index contributed by atoms with van der Waals surface area (Å²) in [5.41, 5.74) is 6.60. The van der Waals surface area contributed by atoms with Crippen LogP contribution in [0.3, 0.4) is 0 Å². The van der Waals surface area contributed by atoms with Gasteiger partial charge in [-0.3, -0.25) is 0 Å². The van der Waals surface area contributed by atoms with Crippen molar-refractivity contribution in [3.63, 3.8) is 0 Å². The quantitative estimate of drug-likeness (QED) is 0.879. The molecule has 3 N–H and O–H groups in total. The van der Waals surface area contributed by atoms with Crippen molar-refractivity contribution in [1.82, 2.24) is 4.72 Å². The molecule has 0 radical (unpaired) electrons. The van der Waals surface area contributed by atoms with Crippen LogP contribution in [-0.4, -0.2) is 20.5 Å². The van der Waals surface area contributed by atoms with Gasteiger partial charge in [0.2, 0.25) is 10.0 Å². The highest BCUT2D eigenvalue weighted by molar-refractivity contribution is 7.99. The molecule has 0 saturated heterocycles. The second-order valence-electron chi connectivity index (χ2n) is 5.77. The first-order chi connectivity index (χ1) is 9.98. The van der Waals surface area contributed by atoms with E-state index in [4.69, 9.17) is 5.73 Å². The molecule has 3 rings (SSSR count). The van der Waals surface area contributed by atoms with Gasteiger partial charge in [0.25, 0.3) is 0 Å². The van der Waals surface area contributed by atoms with Crippen molar-refractivity contribution in [1.29, 1.82) is 0 Å².